The Morgan fingerprint density at radius 2 is 1.85 bits per heavy atom. The minimum atomic E-state index is -3.77. The second-order valence-corrected chi connectivity index (χ2v) is 3.81. The molecule has 0 rings (SSSR count). The van der Waals surface area contributed by atoms with Crippen molar-refractivity contribution in [3.05, 3.63) is 0 Å². The standard InChI is InChI=1S/C6H15N3O3S/c1-3-9(4-2)6(10)5-8-13(7,11)12/h8H,3-5H2,1-2H3,(H2,7,11,12). The number of hydrogen-bond acceptors (Lipinski definition) is 3. The van der Waals surface area contributed by atoms with Gasteiger partial charge in [-0.15, -0.1) is 0 Å². The molecule has 0 aromatic carbocycles. The summed E-state index contributed by atoms with van der Waals surface area (Å²) in [6.07, 6.45) is 0. The van der Waals surface area contributed by atoms with E-state index in [9.17, 15) is 13.2 Å². The van der Waals surface area contributed by atoms with Crippen LogP contribution in [0.25, 0.3) is 0 Å². The number of hydrogen-bond donors (Lipinski definition) is 2. The Bertz CT molecular complexity index is 258. The van der Waals surface area contributed by atoms with Crippen molar-refractivity contribution in [3.63, 3.8) is 0 Å². The highest BCUT2D eigenvalue weighted by Crippen LogP contribution is 1.87. The molecule has 0 aliphatic rings. The van der Waals surface area contributed by atoms with E-state index in [4.69, 9.17) is 0 Å². The summed E-state index contributed by atoms with van der Waals surface area (Å²) in [7, 11) is -3.77. The Kier molecular flexibility index (Phi) is 4.89. The van der Waals surface area contributed by atoms with Gasteiger partial charge in [-0.3, -0.25) is 4.79 Å². The SMILES string of the molecule is CCN(CC)C(=O)CNS(N)(=O)=O. The third-order valence-corrected chi connectivity index (χ3v) is 2.09. The largest absolute Gasteiger partial charge is 0.342 e. The van der Waals surface area contributed by atoms with Gasteiger partial charge in [0.25, 0.3) is 10.2 Å². The normalized spacial score (nSPS) is 11.3. The Balaban J connectivity index is 4.01. The van der Waals surface area contributed by atoms with Gasteiger partial charge in [-0.05, 0) is 13.8 Å². The molecule has 78 valence electrons. The van der Waals surface area contributed by atoms with Crippen LogP contribution in [0.2, 0.25) is 0 Å². The molecule has 7 heteroatoms. The number of rotatable bonds is 5. The first kappa shape index (κ1) is 12.3. The van der Waals surface area contributed by atoms with Gasteiger partial charge in [0.05, 0.1) is 6.54 Å². The molecule has 6 nitrogen and oxygen atoms in total. The Labute approximate surface area is 78.3 Å². The Hall–Kier alpha value is -0.660. The highest BCUT2D eigenvalue weighted by molar-refractivity contribution is 7.87. The van der Waals surface area contributed by atoms with E-state index in [0.29, 0.717) is 13.1 Å². The minimum absolute atomic E-state index is 0.277. The lowest BCUT2D eigenvalue weighted by Gasteiger charge is -2.18. The maximum Gasteiger partial charge on any atom is 0.274 e. The monoisotopic (exact) mass is 209 g/mol. The second kappa shape index (κ2) is 5.15. The number of amides is 1. The van der Waals surface area contributed by atoms with E-state index in [2.05, 4.69) is 5.14 Å². The number of likely N-dealkylation sites (N-methyl/N-ethyl adjacent to an activating group) is 1. The minimum Gasteiger partial charge on any atom is -0.342 e. The predicted octanol–water partition coefficient (Wildman–Crippen LogP) is -1.35. The van der Waals surface area contributed by atoms with Crippen molar-refractivity contribution in [1.29, 1.82) is 0 Å². The molecule has 13 heavy (non-hydrogen) atoms. The molecule has 0 radical (unpaired) electrons. The quantitative estimate of drug-likeness (QED) is 0.586. The zero-order valence-corrected chi connectivity index (χ0v) is 8.60. The van der Waals surface area contributed by atoms with Gasteiger partial charge in [0.15, 0.2) is 0 Å². The van der Waals surface area contributed by atoms with Crippen LogP contribution in [0.3, 0.4) is 0 Å². The van der Waals surface area contributed by atoms with Gasteiger partial charge in [-0.1, -0.05) is 0 Å². The molecular weight excluding hydrogens is 194 g/mol. The van der Waals surface area contributed by atoms with Crippen LogP contribution in [-0.4, -0.2) is 38.9 Å². The van der Waals surface area contributed by atoms with Crippen molar-refractivity contribution in [2.24, 2.45) is 5.14 Å². The van der Waals surface area contributed by atoms with E-state index < -0.39 is 10.2 Å². The van der Waals surface area contributed by atoms with Crippen LogP contribution in [0, 0.1) is 0 Å². The van der Waals surface area contributed by atoms with Crippen LogP contribution in [0.5, 0.6) is 0 Å². The summed E-state index contributed by atoms with van der Waals surface area (Å²) >= 11 is 0. The van der Waals surface area contributed by atoms with E-state index in [1.165, 1.54) is 4.90 Å². The Morgan fingerprint density at radius 1 is 1.38 bits per heavy atom. The van der Waals surface area contributed by atoms with Crippen molar-refractivity contribution in [2.45, 2.75) is 13.8 Å². The van der Waals surface area contributed by atoms with E-state index in [1.807, 2.05) is 18.6 Å². The van der Waals surface area contributed by atoms with Gasteiger partial charge in [0.1, 0.15) is 0 Å². The summed E-state index contributed by atoms with van der Waals surface area (Å²) in [6, 6.07) is 0. The summed E-state index contributed by atoms with van der Waals surface area (Å²) in [5.41, 5.74) is 0. The zero-order chi connectivity index (χ0) is 10.5. The first-order valence-corrected chi connectivity index (χ1v) is 5.50. The highest BCUT2D eigenvalue weighted by atomic mass is 32.2. The molecule has 0 unspecified atom stereocenters. The van der Waals surface area contributed by atoms with E-state index in [-0.39, 0.29) is 12.5 Å². The number of nitrogens with one attached hydrogen (secondary N) is 1. The van der Waals surface area contributed by atoms with E-state index in [0.717, 1.165) is 0 Å². The highest BCUT2D eigenvalue weighted by Gasteiger charge is 2.11. The van der Waals surface area contributed by atoms with Gasteiger partial charge in [-0.2, -0.15) is 13.1 Å². The fourth-order valence-corrected chi connectivity index (χ4v) is 1.18. The fraction of sp³-hybridized carbons (Fsp3) is 0.833. The predicted molar refractivity (Wildman–Crippen MR) is 49.0 cm³/mol. The first-order chi connectivity index (χ1) is 5.90. The fourth-order valence-electron chi connectivity index (χ4n) is 0.850. The molecule has 0 saturated heterocycles. The van der Waals surface area contributed by atoms with Gasteiger partial charge < -0.3 is 4.90 Å². The van der Waals surface area contributed by atoms with Crippen molar-refractivity contribution in [2.75, 3.05) is 19.6 Å². The van der Waals surface area contributed by atoms with E-state index in [1.54, 1.807) is 0 Å². The van der Waals surface area contributed by atoms with Crippen LogP contribution in [0.1, 0.15) is 13.8 Å². The lowest BCUT2D eigenvalue weighted by atomic mass is 10.4. The molecule has 0 aliphatic heterocycles. The van der Waals surface area contributed by atoms with Crippen LogP contribution >= 0.6 is 0 Å². The summed E-state index contributed by atoms with van der Waals surface area (Å²) in [5.74, 6) is -0.279. The summed E-state index contributed by atoms with van der Waals surface area (Å²) in [5, 5.41) is 4.66. The van der Waals surface area contributed by atoms with Crippen LogP contribution in [0.15, 0.2) is 0 Å². The molecule has 0 bridgehead atoms. The molecule has 0 spiro atoms. The maximum absolute atomic E-state index is 11.2. The van der Waals surface area contributed by atoms with Crippen molar-refractivity contribution >= 4 is 16.1 Å². The number of carbonyl (C=O) groups is 1. The molecule has 0 fully saturated rings. The molecule has 3 N–H and O–H groups in total. The average molecular weight is 209 g/mol. The van der Waals surface area contributed by atoms with E-state index >= 15 is 0 Å². The van der Waals surface area contributed by atoms with Crippen molar-refractivity contribution in [1.82, 2.24) is 9.62 Å². The topological polar surface area (TPSA) is 92.5 Å². The van der Waals surface area contributed by atoms with Gasteiger partial charge in [0.2, 0.25) is 5.91 Å². The first-order valence-electron chi connectivity index (χ1n) is 3.95. The Morgan fingerprint density at radius 3 is 2.15 bits per heavy atom. The third kappa shape index (κ3) is 5.56. The van der Waals surface area contributed by atoms with Gasteiger partial charge >= 0.3 is 0 Å². The molecule has 0 aromatic rings. The van der Waals surface area contributed by atoms with Gasteiger partial charge in [0, 0.05) is 13.1 Å². The molecule has 1 amide bonds. The second-order valence-electron chi connectivity index (χ2n) is 2.43. The number of carbonyl (C=O) groups excluding carboxylic acids is 1. The molecule has 0 aromatic heterocycles. The summed E-state index contributed by atoms with van der Waals surface area (Å²) < 4.78 is 22.8. The summed E-state index contributed by atoms with van der Waals surface area (Å²) in [6.45, 7) is 4.47. The molecule has 0 saturated carbocycles. The zero-order valence-electron chi connectivity index (χ0n) is 7.78. The smallest absolute Gasteiger partial charge is 0.274 e. The summed E-state index contributed by atoms with van der Waals surface area (Å²) in [4.78, 5) is 12.7. The van der Waals surface area contributed by atoms with Crippen LogP contribution in [-0.2, 0) is 15.0 Å². The molecular formula is C6H15N3O3S. The lowest BCUT2D eigenvalue weighted by molar-refractivity contribution is -0.129. The lowest BCUT2D eigenvalue weighted by Crippen LogP contribution is -2.42. The van der Waals surface area contributed by atoms with Crippen LogP contribution < -0.4 is 9.86 Å². The third-order valence-electron chi connectivity index (χ3n) is 1.54. The average Bonchev–Trinajstić information content (AvgIpc) is 2.02. The van der Waals surface area contributed by atoms with Crippen LogP contribution in [0.4, 0.5) is 0 Å². The number of nitrogens with two attached hydrogens (primary N) is 1. The molecule has 0 atom stereocenters. The molecule has 0 aliphatic carbocycles. The maximum atomic E-state index is 11.2. The van der Waals surface area contributed by atoms with Gasteiger partial charge in [-0.25, -0.2) is 5.14 Å². The number of nitrogens with zero attached hydrogens (tertiary/aromatic N) is 1. The molecule has 0 heterocycles. The van der Waals surface area contributed by atoms with Crippen molar-refractivity contribution < 1.29 is 13.2 Å². The van der Waals surface area contributed by atoms with Crippen molar-refractivity contribution in [3.8, 4) is 0 Å².